The van der Waals surface area contributed by atoms with Gasteiger partial charge in [0.25, 0.3) is 5.91 Å². The Morgan fingerprint density at radius 1 is 1.61 bits per heavy atom. The van der Waals surface area contributed by atoms with Gasteiger partial charge in [0.1, 0.15) is 5.75 Å². The van der Waals surface area contributed by atoms with E-state index in [1.807, 2.05) is 13.0 Å². The van der Waals surface area contributed by atoms with Crippen molar-refractivity contribution in [1.29, 1.82) is 0 Å². The molecule has 0 aliphatic carbocycles. The summed E-state index contributed by atoms with van der Waals surface area (Å²) >= 11 is 5.97. The van der Waals surface area contributed by atoms with Crippen LogP contribution in [0.4, 0.5) is 0 Å². The molecule has 1 aromatic carbocycles. The Morgan fingerprint density at radius 2 is 2.39 bits per heavy atom. The predicted octanol–water partition coefficient (Wildman–Crippen LogP) is 1.62. The summed E-state index contributed by atoms with van der Waals surface area (Å²) in [5.74, 6) is 0.397. The fourth-order valence-electron chi connectivity index (χ4n) is 1.92. The number of aliphatic hydroxyl groups excluding tert-OH is 1. The van der Waals surface area contributed by atoms with Crippen LogP contribution in [0.25, 0.3) is 0 Å². The molecule has 18 heavy (non-hydrogen) atoms. The third-order valence-corrected chi connectivity index (χ3v) is 3.27. The molecule has 1 aromatic rings. The van der Waals surface area contributed by atoms with E-state index >= 15 is 0 Å². The van der Waals surface area contributed by atoms with Gasteiger partial charge in [0.15, 0.2) is 6.61 Å². The van der Waals surface area contributed by atoms with Crippen LogP contribution in [0.3, 0.4) is 0 Å². The van der Waals surface area contributed by atoms with Crippen LogP contribution in [0.1, 0.15) is 12.0 Å². The number of hydrogen-bond donors (Lipinski definition) is 1. The summed E-state index contributed by atoms with van der Waals surface area (Å²) < 4.78 is 5.42. The van der Waals surface area contributed by atoms with E-state index < -0.39 is 6.10 Å². The molecule has 1 heterocycles. The highest BCUT2D eigenvalue weighted by Crippen LogP contribution is 2.25. The maximum Gasteiger partial charge on any atom is 0.260 e. The molecule has 0 bridgehead atoms. The minimum Gasteiger partial charge on any atom is -0.482 e. The molecule has 0 spiro atoms. The molecule has 98 valence electrons. The number of hydrogen-bond acceptors (Lipinski definition) is 3. The van der Waals surface area contributed by atoms with E-state index in [-0.39, 0.29) is 12.5 Å². The number of likely N-dealkylation sites (tertiary alicyclic amines) is 1. The lowest BCUT2D eigenvalue weighted by Gasteiger charge is -2.16. The summed E-state index contributed by atoms with van der Waals surface area (Å²) in [5, 5.41) is 9.85. The number of ether oxygens (including phenoxy) is 1. The lowest BCUT2D eigenvalue weighted by atomic mass is 10.2. The summed E-state index contributed by atoms with van der Waals surface area (Å²) in [6.45, 7) is 2.87. The first-order valence-corrected chi connectivity index (χ1v) is 6.29. The van der Waals surface area contributed by atoms with Crippen LogP contribution in [0.2, 0.25) is 5.02 Å². The van der Waals surface area contributed by atoms with E-state index in [4.69, 9.17) is 16.3 Å². The first-order valence-electron chi connectivity index (χ1n) is 5.91. The highest BCUT2D eigenvalue weighted by atomic mass is 35.5. The number of amides is 1. The van der Waals surface area contributed by atoms with Crippen molar-refractivity contribution in [2.45, 2.75) is 19.4 Å². The van der Waals surface area contributed by atoms with Crippen molar-refractivity contribution in [3.63, 3.8) is 0 Å². The summed E-state index contributed by atoms with van der Waals surface area (Å²) in [6, 6.07) is 5.43. The van der Waals surface area contributed by atoms with Gasteiger partial charge in [-0.25, -0.2) is 0 Å². The Kier molecular flexibility index (Phi) is 4.09. The first-order chi connectivity index (χ1) is 8.56. The van der Waals surface area contributed by atoms with Crippen LogP contribution < -0.4 is 4.74 Å². The molecule has 1 aliphatic heterocycles. The standard InChI is InChI=1S/C13H16ClNO3/c1-9-2-3-11(14)12(6-9)18-8-13(17)15-5-4-10(16)7-15/h2-3,6,10,16H,4-5,7-8H2,1H3/t10-/m1/s1. The number of carbonyl (C=O) groups is 1. The van der Waals surface area contributed by atoms with Gasteiger partial charge in [0, 0.05) is 13.1 Å². The SMILES string of the molecule is Cc1ccc(Cl)c(OCC(=O)N2CC[C@@H](O)C2)c1. The zero-order chi connectivity index (χ0) is 13.1. The molecule has 0 saturated carbocycles. The Labute approximate surface area is 111 Å². The average molecular weight is 270 g/mol. The number of aryl methyl sites for hydroxylation is 1. The molecule has 1 fully saturated rings. The predicted molar refractivity (Wildman–Crippen MR) is 68.9 cm³/mol. The van der Waals surface area contributed by atoms with Gasteiger partial charge in [-0.05, 0) is 31.0 Å². The minimum atomic E-state index is -0.406. The van der Waals surface area contributed by atoms with Crippen LogP contribution >= 0.6 is 11.6 Å². The number of carbonyl (C=O) groups excluding carboxylic acids is 1. The molecule has 0 aromatic heterocycles. The first kappa shape index (κ1) is 13.2. The maximum absolute atomic E-state index is 11.8. The monoisotopic (exact) mass is 269 g/mol. The van der Waals surface area contributed by atoms with E-state index in [9.17, 15) is 9.90 Å². The van der Waals surface area contributed by atoms with Crippen molar-refractivity contribution in [2.75, 3.05) is 19.7 Å². The van der Waals surface area contributed by atoms with Gasteiger partial charge in [-0.15, -0.1) is 0 Å². The minimum absolute atomic E-state index is 0.0457. The summed E-state index contributed by atoms with van der Waals surface area (Å²) in [5.41, 5.74) is 1.03. The van der Waals surface area contributed by atoms with E-state index in [0.717, 1.165) is 5.56 Å². The second kappa shape index (κ2) is 5.59. The average Bonchev–Trinajstić information content (AvgIpc) is 2.77. The van der Waals surface area contributed by atoms with Crippen LogP contribution in [0.5, 0.6) is 5.75 Å². The fraction of sp³-hybridized carbons (Fsp3) is 0.462. The molecule has 5 heteroatoms. The normalized spacial score (nSPS) is 19.1. The third-order valence-electron chi connectivity index (χ3n) is 2.95. The lowest BCUT2D eigenvalue weighted by molar-refractivity contribution is -0.132. The van der Waals surface area contributed by atoms with E-state index in [1.54, 1.807) is 17.0 Å². The Morgan fingerprint density at radius 3 is 3.06 bits per heavy atom. The van der Waals surface area contributed by atoms with Gasteiger partial charge in [-0.1, -0.05) is 17.7 Å². The zero-order valence-electron chi connectivity index (χ0n) is 10.2. The van der Waals surface area contributed by atoms with E-state index in [1.165, 1.54) is 0 Å². The Balaban J connectivity index is 1.91. The van der Waals surface area contributed by atoms with Crippen molar-refractivity contribution in [3.05, 3.63) is 28.8 Å². The molecule has 1 aliphatic rings. The topological polar surface area (TPSA) is 49.8 Å². The van der Waals surface area contributed by atoms with Crippen LogP contribution in [0.15, 0.2) is 18.2 Å². The van der Waals surface area contributed by atoms with Gasteiger partial charge in [0.05, 0.1) is 11.1 Å². The highest BCUT2D eigenvalue weighted by molar-refractivity contribution is 6.32. The number of halogens is 1. The molecule has 2 rings (SSSR count). The van der Waals surface area contributed by atoms with Crippen molar-refractivity contribution < 1.29 is 14.6 Å². The van der Waals surface area contributed by atoms with Crippen LogP contribution in [-0.4, -0.2) is 41.7 Å². The fourth-order valence-corrected chi connectivity index (χ4v) is 2.09. The Hall–Kier alpha value is -1.26. The molecular formula is C13H16ClNO3. The molecule has 1 amide bonds. The van der Waals surface area contributed by atoms with Gasteiger partial charge < -0.3 is 14.7 Å². The summed E-state index contributed by atoms with van der Waals surface area (Å²) in [7, 11) is 0. The molecular weight excluding hydrogens is 254 g/mol. The highest BCUT2D eigenvalue weighted by Gasteiger charge is 2.24. The molecule has 1 saturated heterocycles. The van der Waals surface area contributed by atoms with Crippen molar-refractivity contribution in [2.24, 2.45) is 0 Å². The molecule has 4 nitrogen and oxygen atoms in total. The van der Waals surface area contributed by atoms with E-state index in [0.29, 0.717) is 30.3 Å². The largest absolute Gasteiger partial charge is 0.482 e. The molecule has 1 atom stereocenters. The van der Waals surface area contributed by atoms with Gasteiger partial charge in [-0.2, -0.15) is 0 Å². The summed E-state index contributed by atoms with van der Waals surface area (Å²) in [6.07, 6.45) is 0.230. The van der Waals surface area contributed by atoms with Crippen LogP contribution in [0, 0.1) is 6.92 Å². The second-order valence-corrected chi connectivity index (χ2v) is 4.91. The number of nitrogens with zero attached hydrogens (tertiary/aromatic N) is 1. The zero-order valence-corrected chi connectivity index (χ0v) is 11.0. The summed E-state index contributed by atoms with van der Waals surface area (Å²) in [4.78, 5) is 13.4. The quantitative estimate of drug-likeness (QED) is 0.907. The molecule has 1 N–H and O–H groups in total. The molecule has 0 radical (unpaired) electrons. The number of β-amino-alcohol motifs (C(OH)–C–C–N with tert-alkyl or cyclic N) is 1. The maximum atomic E-state index is 11.8. The number of rotatable bonds is 3. The molecule has 0 unspecified atom stereocenters. The van der Waals surface area contributed by atoms with Crippen molar-refractivity contribution in [3.8, 4) is 5.75 Å². The van der Waals surface area contributed by atoms with Crippen LogP contribution in [-0.2, 0) is 4.79 Å². The van der Waals surface area contributed by atoms with Gasteiger partial charge >= 0.3 is 0 Å². The van der Waals surface area contributed by atoms with E-state index in [2.05, 4.69) is 0 Å². The smallest absolute Gasteiger partial charge is 0.260 e. The van der Waals surface area contributed by atoms with Crippen molar-refractivity contribution >= 4 is 17.5 Å². The third kappa shape index (κ3) is 3.15. The Bertz CT molecular complexity index is 450. The van der Waals surface area contributed by atoms with Gasteiger partial charge in [0.2, 0.25) is 0 Å². The number of benzene rings is 1. The number of aliphatic hydroxyl groups is 1. The van der Waals surface area contributed by atoms with Crippen molar-refractivity contribution in [1.82, 2.24) is 4.90 Å². The second-order valence-electron chi connectivity index (χ2n) is 4.50. The lowest BCUT2D eigenvalue weighted by Crippen LogP contribution is -2.33. The van der Waals surface area contributed by atoms with Gasteiger partial charge in [-0.3, -0.25) is 4.79 Å².